The fraction of sp³-hybridized carbons (Fsp3) is 0.316. The fourth-order valence-corrected chi connectivity index (χ4v) is 3.17. The zero-order valence-electron chi connectivity index (χ0n) is 17.6. The predicted molar refractivity (Wildman–Crippen MR) is 124 cm³/mol. The first-order chi connectivity index (χ1) is 15.3. The number of phenols is 1. The van der Waals surface area contributed by atoms with Crippen LogP contribution in [0.5, 0.6) is 5.75 Å². The largest absolute Gasteiger partial charge is 0.507 e. The lowest BCUT2D eigenvalue weighted by Crippen LogP contribution is -2.27. The van der Waals surface area contributed by atoms with E-state index in [1.54, 1.807) is 18.2 Å². The molecule has 9 N–H and O–H groups in total. The molecule has 0 amide bonds. The lowest BCUT2D eigenvalue weighted by atomic mass is 10.1. The minimum atomic E-state index is -0.0795. The number of phenolic OH excluding ortho intramolecular Hbond substituents is 1. The van der Waals surface area contributed by atoms with Crippen LogP contribution in [-0.2, 0) is 9.37 Å². The normalized spacial score (nSPS) is 13.0. The molecule has 0 aliphatic heterocycles. The van der Waals surface area contributed by atoms with Crippen LogP contribution >= 0.6 is 12.0 Å². The van der Waals surface area contributed by atoms with E-state index in [2.05, 4.69) is 40.3 Å². The highest BCUT2D eigenvalue weighted by atomic mass is 32.2. The van der Waals surface area contributed by atoms with Crippen molar-refractivity contribution in [3.8, 4) is 5.75 Å². The molecule has 1 heterocycles. The van der Waals surface area contributed by atoms with Crippen LogP contribution in [0.15, 0.2) is 35.2 Å². The van der Waals surface area contributed by atoms with Crippen LogP contribution in [0.25, 0.3) is 10.8 Å². The Morgan fingerprint density at radius 2 is 1.59 bits per heavy atom. The summed E-state index contributed by atoms with van der Waals surface area (Å²) in [6, 6.07) is 8.47. The summed E-state index contributed by atoms with van der Waals surface area (Å²) in [6.07, 6.45) is 0. The quantitative estimate of drug-likeness (QED) is 0.125. The molecule has 13 heteroatoms. The molecule has 3 rings (SSSR count). The van der Waals surface area contributed by atoms with Crippen molar-refractivity contribution in [1.29, 1.82) is 0 Å². The molecule has 0 radical (unpaired) electrons. The summed E-state index contributed by atoms with van der Waals surface area (Å²) in [5.74, 6) is 1.10. The number of nitrogens with zero attached hydrogens (tertiary/aromatic N) is 3. The summed E-state index contributed by atoms with van der Waals surface area (Å²) in [5, 5.41) is 32.9. The standard InChI is InChI=1S/C19H26N8O4S/c1-10(20)8-22-17-25-18(23-9-11(2)21)27-19(26-17)24-13-3-4-15-12(5-13)6-14(7-16(15)28)32-31-30-29/h3-7,10-11,28-29H,8-9,20-21H2,1-2H3,(H3,22,23,24,25,26,27). The molecule has 2 atom stereocenters. The van der Waals surface area contributed by atoms with Crippen LogP contribution in [0.2, 0.25) is 0 Å². The number of aromatic nitrogens is 3. The third kappa shape index (κ3) is 6.78. The molecule has 0 aliphatic rings. The third-order valence-corrected chi connectivity index (χ3v) is 4.68. The molecule has 0 saturated heterocycles. The Kier molecular flexibility index (Phi) is 8.21. The maximum atomic E-state index is 10.2. The number of hydrogen-bond acceptors (Lipinski definition) is 13. The van der Waals surface area contributed by atoms with Gasteiger partial charge in [-0.3, -0.25) is 0 Å². The van der Waals surface area contributed by atoms with E-state index in [4.69, 9.17) is 16.7 Å². The van der Waals surface area contributed by atoms with Crippen LogP contribution in [-0.4, -0.2) is 50.5 Å². The second-order valence-corrected chi connectivity index (χ2v) is 8.03. The van der Waals surface area contributed by atoms with Crippen LogP contribution in [0.1, 0.15) is 13.8 Å². The van der Waals surface area contributed by atoms with Gasteiger partial charge in [-0.2, -0.15) is 15.0 Å². The zero-order chi connectivity index (χ0) is 23.1. The summed E-state index contributed by atoms with van der Waals surface area (Å²) in [5.41, 5.74) is 12.3. The van der Waals surface area contributed by atoms with E-state index in [1.807, 2.05) is 19.9 Å². The Morgan fingerprint density at radius 3 is 2.19 bits per heavy atom. The SMILES string of the molecule is CC(N)CNc1nc(NCC(C)N)nc(Nc2ccc3c(O)cc(SOOO)cc3c2)n1. The smallest absolute Gasteiger partial charge is 0.233 e. The zero-order valence-corrected chi connectivity index (χ0v) is 18.4. The number of rotatable bonds is 11. The number of benzene rings is 2. The van der Waals surface area contributed by atoms with Gasteiger partial charge in [0.25, 0.3) is 0 Å². The molecule has 0 saturated carbocycles. The molecule has 32 heavy (non-hydrogen) atoms. The second kappa shape index (κ2) is 11.1. The summed E-state index contributed by atoms with van der Waals surface area (Å²) >= 11 is 0.756. The van der Waals surface area contributed by atoms with Gasteiger partial charge in [0, 0.05) is 41.1 Å². The van der Waals surface area contributed by atoms with Gasteiger partial charge in [0.15, 0.2) is 0 Å². The van der Waals surface area contributed by atoms with Gasteiger partial charge in [-0.25, -0.2) is 5.26 Å². The molecular formula is C19H26N8O4S. The van der Waals surface area contributed by atoms with Crippen molar-refractivity contribution in [3.05, 3.63) is 30.3 Å². The summed E-state index contributed by atoms with van der Waals surface area (Å²) in [6.45, 7) is 4.73. The fourth-order valence-electron chi connectivity index (χ4n) is 2.73. The van der Waals surface area contributed by atoms with Crippen molar-refractivity contribution in [1.82, 2.24) is 15.0 Å². The van der Waals surface area contributed by atoms with E-state index in [1.165, 1.54) is 6.07 Å². The predicted octanol–water partition coefficient (Wildman–Crippen LogP) is 2.42. The number of aromatic hydroxyl groups is 1. The van der Waals surface area contributed by atoms with Crippen LogP contribution in [0.4, 0.5) is 23.5 Å². The van der Waals surface area contributed by atoms with Gasteiger partial charge >= 0.3 is 0 Å². The molecule has 0 bridgehead atoms. The Bertz CT molecular complexity index is 1020. The molecule has 0 aliphatic carbocycles. The van der Waals surface area contributed by atoms with E-state index in [-0.39, 0.29) is 17.8 Å². The van der Waals surface area contributed by atoms with Crippen LogP contribution in [0, 0.1) is 0 Å². The van der Waals surface area contributed by atoms with Crippen molar-refractivity contribution >= 4 is 46.3 Å². The lowest BCUT2D eigenvalue weighted by molar-refractivity contribution is -0.432. The van der Waals surface area contributed by atoms with E-state index >= 15 is 0 Å². The Balaban J connectivity index is 1.87. The van der Waals surface area contributed by atoms with Gasteiger partial charge in [0.05, 0.1) is 12.0 Å². The van der Waals surface area contributed by atoms with Crippen molar-refractivity contribution < 1.29 is 19.7 Å². The van der Waals surface area contributed by atoms with Crippen molar-refractivity contribution in [3.63, 3.8) is 0 Å². The summed E-state index contributed by atoms with van der Waals surface area (Å²) in [4.78, 5) is 13.7. The Hall–Kier alpha value is -2.94. The minimum Gasteiger partial charge on any atom is -0.507 e. The van der Waals surface area contributed by atoms with E-state index < -0.39 is 0 Å². The summed E-state index contributed by atoms with van der Waals surface area (Å²) in [7, 11) is 0. The van der Waals surface area contributed by atoms with Crippen LogP contribution < -0.4 is 27.4 Å². The van der Waals surface area contributed by atoms with Crippen molar-refractivity contribution in [2.45, 2.75) is 30.8 Å². The topological polar surface area (TPSA) is 186 Å². The molecule has 1 aromatic heterocycles. The van der Waals surface area contributed by atoms with Crippen molar-refractivity contribution in [2.75, 3.05) is 29.0 Å². The molecule has 0 spiro atoms. The second-order valence-electron chi connectivity index (χ2n) is 7.25. The highest BCUT2D eigenvalue weighted by Crippen LogP contribution is 2.33. The average molecular weight is 463 g/mol. The van der Waals surface area contributed by atoms with Crippen LogP contribution in [0.3, 0.4) is 0 Å². The average Bonchev–Trinajstić information content (AvgIpc) is 2.74. The number of hydrogen-bond donors (Lipinski definition) is 7. The van der Waals surface area contributed by atoms with E-state index in [0.717, 1.165) is 17.4 Å². The monoisotopic (exact) mass is 462 g/mol. The first-order valence-electron chi connectivity index (χ1n) is 9.77. The van der Waals surface area contributed by atoms with Gasteiger partial charge in [-0.15, -0.1) is 4.33 Å². The molecule has 2 aromatic carbocycles. The Morgan fingerprint density at radius 1 is 0.969 bits per heavy atom. The molecule has 172 valence electrons. The first-order valence-corrected chi connectivity index (χ1v) is 10.5. The highest BCUT2D eigenvalue weighted by Gasteiger charge is 2.10. The van der Waals surface area contributed by atoms with Gasteiger partial charge in [-0.1, -0.05) is 5.04 Å². The van der Waals surface area contributed by atoms with Gasteiger partial charge in [0.2, 0.25) is 17.8 Å². The van der Waals surface area contributed by atoms with E-state index in [0.29, 0.717) is 46.9 Å². The number of fused-ring (bicyclic) bond motifs is 1. The first kappa shape index (κ1) is 23.7. The lowest BCUT2D eigenvalue weighted by Gasteiger charge is -2.13. The minimum absolute atomic E-state index is 0.0584. The van der Waals surface area contributed by atoms with Crippen molar-refractivity contribution in [2.24, 2.45) is 11.5 Å². The molecule has 3 aromatic rings. The van der Waals surface area contributed by atoms with Gasteiger partial charge < -0.3 is 32.5 Å². The maximum Gasteiger partial charge on any atom is 0.233 e. The summed E-state index contributed by atoms with van der Waals surface area (Å²) < 4.78 is 4.44. The van der Waals surface area contributed by atoms with Gasteiger partial charge in [-0.05, 0) is 49.6 Å². The Labute approximate surface area is 188 Å². The van der Waals surface area contributed by atoms with E-state index in [9.17, 15) is 5.11 Å². The maximum absolute atomic E-state index is 10.2. The molecule has 12 nitrogen and oxygen atoms in total. The number of nitrogens with two attached hydrogens (primary N) is 2. The molecule has 0 fully saturated rings. The number of anilines is 4. The highest BCUT2D eigenvalue weighted by molar-refractivity contribution is 7.94. The molecular weight excluding hydrogens is 436 g/mol. The van der Waals surface area contributed by atoms with Gasteiger partial charge in [0.1, 0.15) is 5.75 Å². The molecule has 2 unspecified atom stereocenters. The third-order valence-electron chi connectivity index (χ3n) is 4.12. The number of nitrogens with one attached hydrogen (secondary N) is 3.